The summed E-state index contributed by atoms with van der Waals surface area (Å²) in [5, 5.41) is 10.5. The lowest BCUT2D eigenvalue weighted by Gasteiger charge is -2.19. The van der Waals surface area contributed by atoms with Crippen molar-refractivity contribution < 1.29 is 19.1 Å². The van der Waals surface area contributed by atoms with Crippen LogP contribution in [0.15, 0.2) is 59.2 Å². The Morgan fingerprint density at radius 3 is 2.77 bits per heavy atom. The molecule has 1 N–H and O–H groups in total. The van der Waals surface area contributed by atoms with Crippen LogP contribution in [0.2, 0.25) is 0 Å². The van der Waals surface area contributed by atoms with E-state index in [-0.39, 0.29) is 11.7 Å². The molecule has 1 amide bonds. The minimum atomic E-state index is -0.188. The van der Waals surface area contributed by atoms with Crippen molar-refractivity contribution in [2.75, 3.05) is 13.2 Å². The van der Waals surface area contributed by atoms with Gasteiger partial charge < -0.3 is 19.2 Å². The first kappa shape index (κ1) is 16.3. The van der Waals surface area contributed by atoms with Crippen molar-refractivity contribution in [3.05, 3.63) is 71.7 Å². The maximum Gasteiger partial charge on any atom is 0.289 e. The molecule has 1 aromatic heterocycles. The van der Waals surface area contributed by atoms with Crippen LogP contribution >= 0.6 is 0 Å². The Balaban J connectivity index is 1.72. The number of amides is 1. The number of hydrogen-bond acceptors (Lipinski definition) is 4. The Hall–Kier alpha value is -3.21. The molecule has 26 heavy (non-hydrogen) atoms. The predicted molar refractivity (Wildman–Crippen MR) is 97.2 cm³/mol. The highest BCUT2D eigenvalue weighted by Gasteiger charge is 2.25. The molecule has 0 atom stereocenters. The Bertz CT molecular complexity index is 947. The molecule has 0 saturated heterocycles. The first-order valence-corrected chi connectivity index (χ1v) is 8.51. The third-order valence-corrected chi connectivity index (χ3v) is 4.59. The second-order valence-electron chi connectivity index (χ2n) is 6.35. The van der Waals surface area contributed by atoms with Gasteiger partial charge in [0.15, 0.2) is 17.3 Å². The molecule has 4 rings (SSSR count). The Morgan fingerprint density at radius 1 is 1.15 bits per heavy atom. The van der Waals surface area contributed by atoms with Crippen molar-refractivity contribution in [2.45, 2.75) is 13.5 Å². The van der Waals surface area contributed by atoms with Crippen LogP contribution < -0.4 is 4.74 Å². The fraction of sp³-hybridized carbons (Fsp3) is 0.190. The molecule has 5 heteroatoms. The number of benzene rings is 2. The van der Waals surface area contributed by atoms with E-state index in [9.17, 15) is 9.90 Å². The van der Waals surface area contributed by atoms with Gasteiger partial charge in [-0.25, -0.2) is 0 Å². The number of hydrogen-bond donors (Lipinski definition) is 1. The zero-order valence-electron chi connectivity index (χ0n) is 14.4. The van der Waals surface area contributed by atoms with Gasteiger partial charge in [0.25, 0.3) is 5.91 Å². The molecular formula is C21H19NO4. The zero-order chi connectivity index (χ0) is 18.1. The summed E-state index contributed by atoms with van der Waals surface area (Å²) in [4.78, 5) is 14.3. The Labute approximate surface area is 151 Å². The second-order valence-corrected chi connectivity index (χ2v) is 6.35. The van der Waals surface area contributed by atoms with Gasteiger partial charge in [-0.3, -0.25) is 4.79 Å². The van der Waals surface area contributed by atoms with Crippen LogP contribution in [0.4, 0.5) is 0 Å². The van der Waals surface area contributed by atoms with E-state index in [1.54, 1.807) is 23.1 Å². The van der Waals surface area contributed by atoms with Crippen LogP contribution in [-0.4, -0.2) is 29.1 Å². The van der Waals surface area contributed by atoms with Gasteiger partial charge in [-0.1, -0.05) is 24.3 Å². The number of furan rings is 1. The number of phenols is 1. The van der Waals surface area contributed by atoms with E-state index in [0.717, 1.165) is 22.3 Å². The smallest absolute Gasteiger partial charge is 0.289 e. The highest BCUT2D eigenvalue weighted by Crippen LogP contribution is 2.38. The van der Waals surface area contributed by atoms with Gasteiger partial charge in [0.05, 0.1) is 19.4 Å². The summed E-state index contributed by atoms with van der Waals surface area (Å²) in [6.45, 7) is 3.12. The molecule has 0 fully saturated rings. The summed E-state index contributed by atoms with van der Waals surface area (Å²) in [6, 6.07) is 15.0. The van der Waals surface area contributed by atoms with Gasteiger partial charge in [0.1, 0.15) is 6.61 Å². The van der Waals surface area contributed by atoms with Crippen LogP contribution in [0, 0.1) is 6.92 Å². The summed E-state index contributed by atoms with van der Waals surface area (Å²) in [7, 11) is 0. The van der Waals surface area contributed by atoms with Crippen molar-refractivity contribution in [2.24, 2.45) is 0 Å². The van der Waals surface area contributed by atoms with Gasteiger partial charge in [-0.05, 0) is 47.9 Å². The molecular weight excluding hydrogens is 330 g/mol. The largest absolute Gasteiger partial charge is 0.504 e. The molecule has 3 aromatic rings. The Kier molecular flexibility index (Phi) is 4.13. The number of ether oxygens (including phenoxy) is 1. The average Bonchev–Trinajstić information content (AvgIpc) is 3.08. The summed E-state index contributed by atoms with van der Waals surface area (Å²) < 4.78 is 11.0. The van der Waals surface area contributed by atoms with Crippen LogP contribution in [0.5, 0.6) is 11.5 Å². The SMILES string of the molecule is Cc1ccccc1-c1cc(O)c2c(c1)CN(C(=O)c1ccco1)CCO2. The van der Waals surface area contributed by atoms with Crippen molar-refractivity contribution in [3.63, 3.8) is 0 Å². The molecule has 0 aliphatic carbocycles. The average molecular weight is 349 g/mol. The molecule has 1 aliphatic rings. The first-order chi connectivity index (χ1) is 12.6. The summed E-state index contributed by atoms with van der Waals surface area (Å²) >= 11 is 0. The predicted octanol–water partition coefficient (Wildman–Crippen LogP) is 4.00. The van der Waals surface area contributed by atoms with Crippen molar-refractivity contribution in [3.8, 4) is 22.6 Å². The van der Waals surface area contributed by atoms with Crippen molar-refractivity contribution >= 4 is 5.91 Å². The molecule has 0 bridgehead atoms. The van der Waals surface area contributed by atoms with E-state index >= 15 is 0 Å². The van der Waals surface area contributed by atoms with E-state index in [0.29, 0.717) is 31.2 Å². The molecule has 2 heterocycles. The summed E-state index contributed by atoms with van der Waals surface area (Å²) in [5.74, 6) is 0.644. The molecule has 0 unspecified atom stereocenters. The first-order valence-electron chi connectivity index (χ1n) is 8.51. The topological polar surface area (TPSA) is 62.9 Å². The lowest BCUT2D eigenvalue weighted by atomic mass is 9.98. The van der Waals surface area contributed by atoms with Crippen molar-refractivity contribution in [1.29, 1.82) is 0 Å². The highest BCUT2D eigenvalue weighted by molar-refractivity contribution is 5.91. The summed E-state index contributed by atoms with van der Waals surface area (Å²) in [6.07, 6.45) is 1.48. The number of carbonyl (C=O) groups is 1. The van der Waals surface area contributed by atoms with E-state index in [1.165, 1.54) is 6.26 Å². The number of nitrogens with zero attached hydrogens (tertiary/aromatic N) is 1. The Morgan fingerprint density at radius 2 is 2.00 bits per heavy atom. The van der Waals surface area contributed by atoms with Crippen LogP contribution in [0.1, 0.15) is 21.7 Å². The lowest BCUT2D eigenvalue weighted by molar-refractivity contribution is 0.0701. The van der Waals surface area contributed by atoms with Gasteiger partial charge in [0, 0.05) is 5.56 Å². The number of phenolic OH excluding ortho intramolecular Hbond substituents is 1. The number of aromatic hydroxyl groups is 1. The number of fused-ring (bicyclic) bond motifs is 1. The summed E-state index contributed by atoms with van der Waals surface area (Å²) in [5.41, 5.74) is 3.83. The minimum Gasteiger partial charge on any atom is -0.504 e. The zero-order valence-corrected chi connectivity index (χ0v) is 14.4. The molecule has 0 radical (unpaired) electrons. The lowest BCUT2D eigenvalue weighted by Crippen LogP contribution is -2.32. The molecule has 5 nitrogen and oxygen atoms in total. The molecule has 0 spiro atoms. The number of rotatable bonds is 2. The standard InChI is InChI=1S/C21H19NO4/c1-14-5-2-3-6-17(14)15-11-16-13-22(21(24)19-7-4-9-25-19)8-10-26-20(16)18(23)12-15/h2-7,9,11-12,23H,8,10,13H2,1H3. The maximum atomic E-state index is 12.6. The van der Waals surface area contributed by atoms with E-state index in [1.807, 2.05) is 37.3 Å². The van der Waals surface area contributed by atoms with Crippen LogP contribution in [0.3, 0.4) is 0 Å². The van der Waals surface area contributed by atoms with E-state index in [2.05, 4.69) is 0 Å². The quantitative estimate of drug-likeness (QED) is 0.760. The number of carbonyl (C=O) groups excluding carboxylic acids is 1. The molecule has 1 aliphatic heterocycles. The second kappa shape index (κ2) is 6.59. The monoisotopic (exact) mass is 349 g/mol. The fourth-order valence-electron chi connectivity index (χ4n) is 3.28. The van der Waals surface area contributed by atoms with Crippen molar-refractivity contribution in [1.82, 2.24) is 4.90 Å². The molecule has 2 aromatic carbocycles. The highest BCUT2D eigenvalue weighted by atomic mass is 16.5. The molecule has 0 saturated carbocycles. The maximum absolute atomic E-state index is 12.6. The minimum absolute atomic E-state index is 0.0908. The van der Waals surface area contributed by atoms with E-state index in [4.69, 9.17) is 9.15 Å². The van der Waals surface area contributed by atoms with E-state index < -0.39 is 0 Å². The molecule has 132 valence electrons. The fourth-order valence-corrected chi connectivity index (χ4v) is 3.28. The third-order valence-electron chi connectivity index (χ3n) is 4.59. The van der Waals surface area contributed by atoms with Crippen LogP contribution in [-0.2, 0) is 6.54 Å². The third kappa shape index (κ3) is 2.92. The van der Waals surface area contributed by atoms with Gasteiger partial charge in [0.2, 0.25) is 0 Å². The van der Waals surface area contributed by atoms with Crippen LogP contribution in [0.25, 0.3) is 11.1 Å². The van der Waals surface area contributed by atoms with Gasteiger partial charge >= 0.3 is 0 Å². The van der Waals surface area contributed by atoms with Gasteiger partial charge in [-0.2, -0.15) is 0 Å². The normalized spacial score (nSPS) is 13.7. The number of aryl methyl sites for hydroxylation is 1. The van der Waals surface area contributed by atoms with Gasteiger partial charge in [-0.15, -0.1) is 0 Å².